The summed E-state index contributed by atoms with van der Waals surface area (Å²) in [5.74, 6) is -2.31. The molecule has 0 aliphatic rings. The number of ketones is 1. The maximum absolute atomic E-state index is 12.1. The smallest absolute Gasteiger partial charge is 0.338 e. The second-order valence-corrected chi connectivity index (χ2v) is 4.39. The quantitative estimate of drug-likeness (QED) is 0.862. The van der Waals surface area contributed by atoms with E-state index in [1.807, 2.05) is 0 Å². The molecule has 19 heavy (non-hydrogen) atoms. The zero-order valence-corrected chi connectivity index (χ0v) is 10.7. The van der Waals surface area contributed by atoms with Gasteiger partial charge in [-0.1, -0.05) is 5.16 Å². The highest BCUT2D eigenvalue weighted by molar-refractivity contribution is 9.10. The number of alkyl halides is 3. The van der Waals surface area contributed by atoms with Crippen molar-refractivity contribution >= 4 is 21.7 Å². The molecule has 0 unspecified atom stereocenters. The summed E-state index contributed by atoms with van der Waals surface area (Å²) in [6, 6.07) is 3.23. The number of carbonyl (C=O) groups excluding carboxylic acids is 1. The third kappa shape index (κ3) is 3.37. The van der Waals surface area contributed by atoms with E-state index in [9.17, 15) is 18.0 Å². The van der Waals surface area contributed by atoms with Crippen LogP contribution in [0.15, 0.2) is 27.3 Å². The lowest BCUT2D eigenvalue weighted by Crippen LogP contribution is -2.24. The highest BCUT2D eigenvalue weighted by Crippen LogP contribution is 2.20. The Morgan fingerprint density at radius 2 is 2.11 bits per heavy atom. The fraction of sp³-hybridized carbons (Fsp3) is 0.200. The van der Waals surface area contributed by atoms with Gasteiger partial charge in [-0.3, -0.25) is 9.78 Å². The molecule has 0 aliphatic carbocycles. The van der Waals surface area contributed by atoms with Crippen molar-refractivity contribution in [2.75, 3.05) is 0 Å². The molecule has 0 radical (unpaired) electrons. The van der Waals surface area contributed by atoms with Gasteiger partial charge in [0.05, 0.1) is 6.42 Å². The van der Waals surface area contributed by atoms with E-state index in [4.69, 9.17) is 0 Å². The van der Waals surface area contributed by atoms with Crippen LogP contribution in [0.4, 0.5) is 13.2 Å². The molecule has 0 fully saturated rings. The fourth-order valence-electron chi connectivity index (χ4n) is 1.18. The lowest BCUT2D eigenvalue weighted by atomic mass is 10.3. The van der Waals surface area contributed by atoms with Crippen LogP contribution in [0.2, 0.25) is 0 Å². The van der Waals surface area contributed by atoms with E-state index < -0.39 is 24.3 Å². The SMILES string of the molecule is O=C(Cc1nc(-c2ccc(Br)cn2)no1)C(F)(F)F. The molecule has 0 amide bonds. The molecule has 100 valence electrons. The maximum atomic E-state index is 12.1. The number of hydrogen-bond acceptors (Lipinski definition) is 5. The second kappa shape index (κ2) is 5.08. The van der Waals surface area contributed by atoms with Crippen molar-refractivity contribution in [3.63, 3.8) is 0 Å². The molecule has 0 spiro atoms. The molecule has 0 saturated carbocycles. The second-order valence-electron chi connectivity index (χ2n) is 3.47. The summed E-state index contributed by atoms with van der Waals surface area (Å²) < 4.78 is 41.5. The van der Waals surface area contributed by atoms with Crippen LogP contribution in [0, 0.1) is 0 Å². The van der Waals surface area contributed by atoms with Crippen LogP contribution < -0.4 is 0 Å². The zero-order chi connectivity index (χ0) is 14.0. The van der Waals surface area contributed by atoms with E-state index in [1.165, 1.54) is 6.20 Å². The predicted octanol–water partition coefficient (Wildman–Crippen LogP) is 2.57. The zero-order valence-electron chi connectivity index (χ0n) is 9.11. The van der Waals surface area contributed by atoms with Crippen molar-refractivity contribution in [3.8, 4) is 11.5 Å². The van der Waals surface area contributed by atoms with Gasteiger partial charge in [0.15, 0.2) is 0 Å². The molecule has 2 rings (SSSR count). The minimum absolute atomic E-state index is 0.0254. The molecule has 9 heteroatoms. The molecule has 0 saturated heterocycles. The Bertz CT molecular complexity index is 595. The molecule has 0 aliphatic heterocycles. The fourth-order valence-corrected chi connectivity index (χ4v) is 1.41. The van der Waals surface area contributed by atoms with Gasteiger partial charge in [0.25, 0.3) is 0 Å². The van der Waals surface area contributed by atoms with Gasteiger partial charge in [-0.05, 0) is 28.1 Å². The van der Waals surface area contributed by atoms with Gasteiger partial charge in [-0.25, -0.2) is 0 Å². The van der Waals surface area contributed by atoms with Crippen LogP contribution in [0.3, 0.4) is 0 Å². The van der Waals surface area contributed by atoms with Crippen LogP contribution in [0.5, 0.6) is 0 Å². The molecular weight excluding hydrogens is 331 g/mol. The van der Waals surface area contributed by atoms with Crippen LogP contribution in [0.25, 0.3) is 11.5 Å². The van der Waals surface area contributed by atoms with Crippen molar-refractivity contribution in [1.82, 2.24) is 15.1 Å². The van der Waals surface area contributed by atoms with Gasteiger partial charge >= 0.3 is 6.18 Å². The first-order valence-electron chi connectivity index (χ1n) is 4.91. The van der Waals surface area contributed by atoms with Gasteiger partial charge in [-0.15, -0.1) is 0 Å². The average Bonchev–Trinajstić information content (AvgIpc) is 2.77. The van der Waals surface area contributed by atoms with Crippen molar-refractivity contribution < 1.29 is 22.5 Å². The predicted molar refractivity (Wildman–Crippen MR) is 60.0 cm³/mol. The van der Waals surface area contributed by atoms with Crippen LogP contribution in [-0.4, -0.2) is 27.1 Å². The first-order valence-corrected chi connectivity index (χ1v) is 5.70. The third-order valence-electron chi connectivity index (χ3n) is 2.05. The van der Waals surface area contributed by atoms with Crippen molar-refractivity contribution in [1.29, 1.82) is 0 Å². The minimum atomic E-state index is -4.91. The standard InChI is InChI=1S/C10H5BrF3N3O2/c11-5-1-2-6(15-4-5)9-16-8(19-17-9)3-7(18)10(12,13)14/h1-2,4H,3H2. The lowest BCUT2D eigenvalue weighted by molar-refractivity contribution is -0.170. The molecule has 0 bridgehead atoms. The molecule has 2 aromatic heterocycles. The average molecular weight is 336 g/mol. The lowest BCUT2D eigenvalue weighted by Gasteiger charge is -2.00. The van der Waals surface area contributed by atoms with E-state index in [0.29, 0.717) is 5.69 Å². The highest BCUT2D eigenvalue weighted by atomic mass is 79.9. The molecular formula is C10H5BrF3N3O2. The van der Waals surface area contributed by atoms with E-state index in [0.717, 1.165) is 4.47 Å². The number of carbonyl (C=O) groups is 1. The van der Waals surface area contributed by atoms with E-state index >= 15 is 0 Å². The summed E-state index contributed by atoms with van der Waals surface area (Å²) >= 11 is 3.18. The third-order valence-corrected chi connectivity index (χ3v) is 2.52. The molecule has 0 aromatic carbocycles. The van der Waals surface area contributed by atoms with Crippen molar-refractivity contribution in [3.05, 3.63) is 28.7 Å². The van der Waals surface area contributed by atoms with E-state index in [1.54, 1.807) is 12.1 Å². The summed E-state index contributed by atoms with van der Waals surface area (Å²) in [5.41, 5.74) is 0.331. The number of Topliss-reactive ketones (excluding diaryl/α,β-unsaturated/α-hetero) is 1. The van der Waals surface area contributed by atoms with Crippen LogP contribution in [-0.2, 0) is 11.2 Å². The number of halogens is 4. The van der Waals surface area contributed by atoms with E-state index in [2.05, 4.69) is 35.6 Å². The van der Waals surface area contributed by atoms with E-state index in [-0.39, 0.29) is 5.82 Å². The minimum Gasteiger partial charge on any atom is -0.338 e. The number of nitrogens with zero attached hydrogens (tertiary/aromatic N) is 3. The Hall–Kier alpha value is -1.77. The molecule has 2 aromatic rings. The molecule has 2 heterocycles. The Kier molecular flexibility index (Phi) is 3.65. The number of aromatic nitrogens is 3. The molecule has 0 N–H and O–H groups in total. The Labute approximate surface area is 113 Å². The summed E-state index contributed by atoms with van der Waals surface area (Å²) in [6.07, 6.45) is -4.41. The van der Waals surface area contributed by atoms with Gasteiger partial charge in [0.2, 0.25) is 17.5 Å². The monoisotopic (exact) mass is 335 g/mol. The van der Waals surface area contributed by atoms with Crippen LogP contribution >= 0.6 is 15.9 Å². The number of pyridine rings is 1. The summed E-state index contributed by atoms with van der Waals surface area (Å²) in [6.45, 7) is 0. The highest BCUT2D eigenvalue weighted by Gasteiger charge is 2.39. The first kappa shape index (κ1) is 13.7. The summed E-state index contributed by atoms with van der Waals surface area (Å²) in [4.78, 5) is 18.4. The summed E-state index contributed by atoms with van der Waals surface area (Å²) in [7, 11) is 0. The van der Waals surface area contributed by atoms with Gasteiger partial charge in [-0.2, -0.15) is 18.2 Å². The summed E-state index contributed by atoms with van der Waals surface area (Å²) in [5, 5.41) is 3.47. The Morgan fingerprint density at radius 1 is 1.37 bits per heavy atom. The molecule has 5 nitrogen and oxygen atoms in total. The largest absolute Gasteiger partial charge is 0.450 e. The van der Waals surface area contributed by atoms with Gasteiger partial charge < -0.3 is 4.52 Å². The Morgan fingerprint density at radius 3 is 2.68 bits per heavy atom. The Balaban J connectivity index is 2.16. The maximum Gasteiger partial charge on any atom is 0.450 e. The van der Waals surface area contributed by atoms with Crippen molar-refractivity contribution in [2.45, 2.75) is 12.6 Å². The number of hydrogen-bond donors (Lipinski definition) is 0. The van der Waals surface area contributed by atoms with Crippen molar-refractivity contribution in [2.24, 2.45) is 0 Å². The molecule has 0 atom stereocenters. The number of rotatable bonds is 3. The van der Waals surface area contributed by atoms with Crippen LogP contribution in [0.1, 0.15) is 5.89 Å². The van der Waals surface area contributed by atoms with Gasteiger partial charge in [0.1, 0.15) is 5.69 Å². The van der Waals surface area contributed by atoms with Gasteiger partial charge in [0, 0.05) is 10.7 Å². The first-order chi connectivity index (χ1) is 8.86. The normalized spacial score (nSPS) is 11.6. The topological polar surface area (TPSA) is 68.9 Å².